The van der Waals surface area contributed by atoms with Crippen LogP contribution in [-0.2, 0) is 0 Å². The highest BCUT2D eigenvalue weighted by Gasteiger charge is 2.04. The van der Waals surface area contributed by atoms with Gasteiger partial charge < -0.3 is 0 Å². The van der Waals surface area contributed by atoms with Gasteiger partial charge in [0.05, 0.1) is 17.8 Å². The van der Waals surface area contributed by atoms with E-state index in [0.29, 0.717) is 0 Å². The van der Waals surface area contributed by atoms with Crippen LogP contribution >= 0.6 is 0 Å². The lowest BCUT2D eigenvalue weighted by atomic mass is 10.4. The standard InChI is InChI=1S/C9H11N3O/c1-7(2)12-9(13)11-5-3-4-8(11)6-10-12/h3-7H,1-2H3. The fourth-order valence-corrected chi connectivity index (χ4v) is 1.31. The predicted octanol–water partition coefficient (Wildman–Crippen LogP) is 1.08. The smallest absolute Gasteiger partial charge is 0.267 e. The van der Waals surface area contributed by atoms with Gasteiger partial charge in [-0.25, -0.2) is 9.48 Å². The van der Waals surface area contributed by atoms with Gasteiger partial charge in [0.15, 0.2) is 0 Å². The molecule has 4 heteroatoms. The van der Waals surface area contributed by atoms with Crippen LogP contribution in [0.5, 0.6) is 0 Å². The summed E-state index contributed by atoms with van der Waals surface area (Å²) in [5.41, 5.74) is 0.749. The van der Waals surface area contributed by atoms with Crippen molar-refractivity contribution in [1.82, 2.24) is 14.2 Å². The third kappa shape index (κ3) is 1.14. The van der Waals surface area contributed by atoms with Crippen molar-refractivity contribution in [2.75, 3.05) is 0 Å². The SMILES string of the molecule is CC(C)n1ncc2cccn2c1=O. The van der Waals surface area contributed by atoms with Crippen LogP contribution in [0.1, 0.15) is 19.9 Å². The molecule has 0 amide bonds. The fraction of sp³-hybridized carbons (Fsp3) is 0.333. The Morgan fingerprint density at radius 3 is 2.92 bits per heavy atom. The maximum absolute atomic E-state index is 11.7. The zero-order valence-corrected chi connectivity index (χ0v) is 7.64. The van der Waals surface area contributed by atoms with Gasteiger partial charge in [0.2, 0.25) is 0 Å². The third-order valence-electron chi connectivity index (χ3n) is 1.99. The highest BCUT2D eigenvalue weighted by molar-refractivity contribution is 5.43. The van der Waals surface area contributed by atoms with Crippen LogP contribution in [0.4, 0.5) is 0 Å². The van der Waals surface area contributed by atoms with Crippen LogP contribution in [0.2, 0.25) is 0 Å². The molecule has 0 aliphatic rings. The number of fused-ring (bicyclic) bond motifs is 1. The van der Waals surface area contributed by atoms with E-state index >= 15 is 0 Å². The number of hydrogen-bond donors (Lipinski definition) is 0. The summed E-state index contributed by atoms with van der Waals surface area (Å²) in [6.45, 7) is 3.87. The van der Waals surface area contributed by atoms with Crippen LogP contribution in [0.3, 0.4) is 0 Å². The molecule has 0 saturated heterocycles. The highest BCUT2D eigenvalue weighted by Crippen LogP contribution is 2.00. The Kier molecular flexibility index (Phi) is 1.69. The summed E-state index contributed by atoms with van der Waals surface area (Å²) in [6, 6.07) is 3.79. The van der Waals surface area contributed by atoms with Crippen LogP contribution in [0.25, 0.3) is 5.52 Å². The molecule has 0 unspecified atom stereocenters. The van der Waals surface area contributed by atoms with Gasteiger partial charge in [-0.2, -0.15) is 5.10 Å². The second-order valence-corrected chi connectivity index (χ2v) is 3.27. The Hall–Kier alpha value is -1.58. The molecule has 2 aromatic heterocycles. The van der Waals surface area contributed by atoms with Gasteiger partial charge in [0, 0.05) is 6.20 Å². The van der Waals surface area contributed by atoms with E-state index in [1.807, 2.05) is 26.0 Å². The molecule has 0 radical (unpaired) electrons. The number of hydrogen-bond acceptors (Lipinski definition) is 2. The summed E-state index contributed by atoms with van der Waals surface area (Å²) < 4.78 is 3.06. The van der Waals surface area contributed by atoms with Crippen molar-refractivity contribution in [2.45, 2.75) is 19.9 Å². The Bertz CT molecular complexity index is 481. The normalized spacial score (nSPS) is 11.3. The Balaban J connectivity index is 2.81. The van der Waals surface area contributed by atoms with Crippen molar-refractivity contribution in [2.24, 2.45) is 0 Å². The molecular formula is C9H11N3O. The van der Waals surface area contributed by atoms with Gasteiger partial charge in [-0.3, -0.25) is 4.40 Å². The van der Waals surface area contributed by atoms with Crippen molar-refractivity contribution < 1.29 is 0 Å². The van der Waals surface area contributed by atoms with E-state index in [9.17, 15) is 4.79 Å². The van der Waals surface area contributed by atoms with Crippen LogP contribution < -0.4 is 5.69 Å². The van der Waals surface area contributed by atoms with Crippen LogP contribution in [0, 0.1) is 0 Å². The minimum Gasteiger partial charge on any atom is -0.267 e. The third-order valence-corrected chi connectivity index (χ3v) is 1.99. The molecule has 0 bridgehead atoms. The predicted molar refractivity (Wildman–Crippen MR) is 49.8 cm³/mol. The first kappa shape index (κ1) is 8.04. The lowest BCUT2D eigenvalue weighted by Crippen LogP contribution is -2.29. The molecule has 13 heavy (non-hydrogen) atoms. The quantitative estimate of drug-likeness (QED) is 0.653. The summed E-state index contributed by atoms with van der Waals surface area (Å²) in [5, 5.41) is 4.06. The summed E-state index contributed by atoms with van der Waals surface area (Å²) in [4.78, 5) is 11.7. The van der Waals surface area contributed by atoms with Gasteiger partial charge >= 0.3 is 5.69 Å². The van der Waals surface area contributed by atoms with Gasteiger partial charge in [-0.15, -0.1) is 0 Å². The second kappa shape index (κ2) is 2.73. The van der Waals surface area contributed by atoms with Crippen molar-refractivity contribution in [3.05, 3.63) is 35.0 Å². The van der Waals surface area contributed by atoms with E-state index < -0.39 is 0 Å². The molecule has 0 aliphatic heterocycles. The maximum atomic E-state index is 11.7. The second-order valence-electron chi connectivity index (χ2n) is 3.27. The Morgan fingerprint density at radius 2 is 2.23 bits per heavy atom. The largest absolute Gasteiger partial charge is 0.349 e. The molecule has 2 heterocycles. The molecule has 2 aromatic rings. The minimum absolute atomic E-state index is 0.0856. The maximum Gasteiger partial charge on any atom is 0.349 e. The fourth-order valence-electron chi connectivity index (χ4n) is 1.31. The zero-order valence-electron chi connectivity index (χ0n) is 7.64. The van der Waals surface area contributed by atoms with E-state index in [1.165, 1.54) is 4.68 Å². The van der Waals surface area contributed by atoms with Crippen molar-refractivity contribution in [3.63, 3.8) is 0 Å². The molecule has 0 spiro atoms. The minimum atomic E-state index is -0.0856. The molecule has 0 aliphatic carbocycles. The summed E-state index contributed by atoms with van der Waals surface area (Å²) >= 11 is 0. The molecular weight excluding hydrogens is 166 g/mol. The molecule has 68 valence electrons. The Morgan fingerprint density at radius 1 is 1.46 bits per heavy atom. The van der Waals surface area contributed by atoms with E-state index in [1.54, 1.807) is 16.8 Å². The molecule has 0 atom stereocenters. The summed E-state index contributed by atoms with van der Waals surface area (Å²) in [7, 11) is 0. The van der Waals surface area contributed by atoms with E-state index in [2.05, 4.69) is 5.10 Å². The lowest BCUT2D eigenvalue weighted by Gasteiger charge is -2.07. The van der Waals surface area contributed by atoms with E-state index in [4.69, 9.17) is 0 Å². The first-order chi connectivity index (χ1) is 6.20. The van der Waals surface area contributed by atoms with Gasteiger partial charge in [-0.1, -0.05) is 0 Å². The van der Waals surface area contributed by atoms with Gasteiger partial charge in [0.1, 0.15) is 0 Å². The van der Waals surface area contributed by atoms with Crippen molar-refractivity contribution in [1.29, 1.82) is 0 Å². The molecule has 0 saturated carbocycles. The first-order valence-corrected chi connectivity index (χ1v) is 4.25. The van der Waals surface area contributed by atoms with Crippen molar-refractivity contribution in [3.8, 4) is 0 Å². The first-order valence-electron chi connectivity index (χ1n) is 4.25. The van der Waals surface area contributed by atoms with E-state index in [-0.39, 0.29) is 11.7 Å². The molecule has 2 rings (SSSR count). The number of nitrogens with zero attached hydrogens (tertiary/aromatic N) is 3. The Labute approximate surface area is 75.4 Å². The topological polar surface area (TPSA) is 39.3 Å². The molecule has 4 nitrogen and oxygen atoms in total. The number of aromatic nitrogens is 3. The summed E-state index contributed by atoms with van der Waals surface area (Å²) in [6.07, 6.45) is 3.44. The van der Waals surface area contributed by atoms with Crippen LogP contribution in [0.15, 0.2) is 29.3 Å². The average Bonchev–Trinajstić information content (AvgIpc) is 2.52. The van der Waals surface area contributed by atoms with Gasteiger partial charge in [-0.05, 0) is 26.0 Å². The zero-order chi connectivity index (χ0) is 9.42. The highest BCUT2D eigenvalue weighted by atomic mass is 16.2. The monoisotopic (exact) mass is 177 g/mol. The van der Waals surface area contributed by atoms with Crippen LogP contribution in [-0.4, -0.2) is 14.2 Å². The number of rotatable bonds is 1. The molecule has 0 aromatic carbocycles. The van der Waals surface area contributed by atoms with Gasteiger partial charge in [0.25, 0.3) is 0 Å². The van der Waals surface area contributed by atoms with Crippen molar-refractivity contribution >= 4 is 5.52 Å². The average molecular weight is 177 g/mol. The van der Waals surface area contributed by atoms with E-state index in [0.717, 1.165) is 5.52 Å². The lowest BCUT2D eigenvalue weighted by molar-refractivity contribution is 0.485. The molecule has 0 fully saturated rings. The molecule has 0 N–H and O–H groups in total. The summed E-state index contributed by atoms with van der Waals surface area (Å²) in [5.74, 6) is 0.